The van der Waals surface area contributed by atoms with Gasteiger partial charge in [0.25, 0.3) is 0 Å². The molecule has 0 aromatic rings. The summed E-state index contributed by atoms with van der Waals surface area (Å²) >= 11 is 0. The van der Waals surface area contributed by atoms with E-state index >= 15 is 4.39 Å². The molecule has 2 N–H and O–H groups in total. The Labute approximate surface area is 160 Å². The number of fused-ring (bicyclic) bond motifs is 5. The van der Waals surface area contributed by atoms with Crippen LogP contribution >= 0.6 is 0 Å². The fourth-order valence-electron chi connectivity index (χ4n) is 7.84. The molecule has 9 atom stereocenters. The molecule has 4 nitrogen and oxygen atoms in total. The van der Waals surface area contributed by atoms with E-state index in [1.807, 2.05) is 13.8 Å². The first-order valence-corrected chi connectivity index (χ1v) is 10.3. The molecule has 3 fully saturated rings. The van der Waals surface area contributed by atoms with Crippen molar-refractivity contribution in [3.63, 3.8) is 0 Å². The van der Waals surface area contributed by atoms with Crippen LogP contribution in [0.1, 0.15) is 52.9 Å². The van der Waals surface area contributed by atoms with Gasteiger partial charge in [0.15, 0.2) is 11.6 Å². The quantitative estimate of drug-likeness (QED) is 0.775. The first kappa shape index (κ1) is 19.3. The van der Waals surface area contributed by atoms with Crippen LogP contribution in [0, 0.1) is 40.4 Å². The molecule has 0 radical (unpaired) electrons. The van der Waals surface area contributed by atoms with E-state index in [9.17, 15) is 19.8 Å². The van der Waals surface area contributed by atoms with Crippen LogP contribution in [0.5, 0.6) is 0 Å². The highest BCUT2D eigenvalue weighted by Crippen LogP contribution is 2.67. The zero-order chi connectivity index (χ0) is 19.7. The lowest BCUT2D eigenvalue weighted by atomic mass is 9.45. The van der Waals surface area contributed by atoms with Crippen molar-refractivity contribution in [3.05, 3.63) is 11.6 Å². The van der Waals surface area contributed by atoms with Crippen molar-refractivity contribution < 1.29 is 24.2 Å². The number of halogens is 1. The summed E-state index contributed by atoms with van der Waals surface area (Å²) in [5.41, 5.74) is -0.308. The maximum atomic E-state index is 15.2. The maximum absolute atomic E-state index is 15.2. The van der Waals surface area contributed by atoms with E-state index in [-0.39, 0.29) is 41.2 Å². The number of aliphatic hydroxyl groups is 2. The summed E-state index contributed by atoms with van der Waals surface area (Å²) in [4.78, 5) is 24.4. The van der Waals surface area contributed by atoms with Crippen LogP contribution in [0.3, 0.4) is 0 Å². The number of hydrogen-bond acceptors (Lipinski definition) is 4. The average molecular weight is 378 g/mol. The van der Waals surface area contributed by atoms with Gasteiger partial charge in [-0.25, -0.2) is 4.39 Å². The molecule has 0 saturated heterocycles. The summed E-state index contributed by atoms with van der Waals surface area (Å²) in [6, 6.07) is 0. The minimum atomic E-state index is -1.15. The summed E-state index contributed by atoms with van der Waals surface area (Å²) in [5, 5.41) is 20.7. The van der Waals surface area contributed by atoms with Crippen molar-refractivity contribution in [2.75, 3.05) is 6.61 Å². The van der Waals surface area contributed by atoms with Crippen molar-refractivity contribution >= 4 is 11.6 Å². The standard InChI is InChI=1S/C22H31FO4/c1-11-6-14-13-8-16(23)15-7-12(25)4-5-21(15,2)20(13)17(26)9-22(14,3)19(11)18(27)10-24/h7,11,13-14,16-17,19-20,24,26H,4-6,8-10H2,1-3H3/t11-,13+,14+,16+,17+,19-,20-,21+,22+/m1/s1. The zero-order valence-corrected chi connectivity index (χ0v) is 16.5. The van der Waals surface area contributed by atoms with Crippen LogP contribution in [-0.2, 0) is 9.59 Å². The van der Waals surface area contributed by atoms with Crippen molar-refractivity contribution in [3.8, 4) is 0 Å². The summed E-state index contributed by atoms with van der Waals surface area (Å²) in [6.07, 6.45) is 2.39. The highest BCUT2D eigenvalue weighted by Gasteiger charge is 2.65. The van der Waals surface area contributed by atoms with Gasteiger partial charge in [0, 0.05) is 12.3 Å². The van der Waals surface area contributed by atoms with E-state index in [2.05, 4.69) is 6.92 Å². The second kappa shape index (κ2) is 6.21. The molecule has 4 rings (SSSR count). The van der Waals surface area contributed by atoms with E-state index in [1.54, 1.807) is 0 Å². The lowest BCUT2D eigenvalue weighted by Gasteiger charge is -2.60. The SMILES string of the molecule is C[C@@H]1C[C@H]2[C@@H]3C[C@H](F)C4=CC(=O)CC[C@]4(C)[C@H]3[C@@H](O)C[C@]2(C)[C@H]1C(=O)CO. The molecule has 0 aromatic carbocycles. The van der Waals surface area contributed by atoms with Gasteiger partial charge in [-0.2, -0.15) is 0 Å². The fourth-order valence-corrected chi connectivity index (χ4v) is 7.84. The lowest BCUT2D eigenvalue weighted by Crippen LogP contribution is -2.59. The van der Waals surface area contributed by atoms with Crippen LogP contribution < -0.4 is 0 Å². The molecule has 0 aromatic heterocycles. The predicted molar refractivity (Wildman–Crippen MR) is 98.5 cm³/mol. The number of rotatable bonds is 2. The van der Waals surface area contributed by atoms with Crippen molar-refractivity contribution in [1.82, 2.24) is 0 Å². The average Bonchev–Trinajstić information content (AvgIpc) is 2.85. The van der Waals surface area contributed by atoms with E-state index in [0.29, 0.717) is 31.3 Å². The topological polar surface area (TPSA) is 74.6 Å². The molecule has 0 bridgehead atoms. The normalized spacial score (nSPS) is 51.9. The molecule has 27 heavy (non-hydrogen) atoms. The lowest BCUT2D eigenvalue weighted by molar-refractivity contribution is -0.151. The van der Waals surface area contributed by atoms with Gasteiger partial charge < -0.3 is 10.2 Å². The Bertz CT molecular complexity index is 702. The summed E-state index contributed by atoms with van der Waals surface area (Å²) < 4.78 is 15.2. The highest BCUT2D eigenvalue weighted by molar-refractivity contribution is 5.92. The number of carbonyl (C=O) groups is 2. The van der Waals surface area contributed by atoms with Gasteiger partial charge in [-0.3, -0.25) is 9.59 Å². The van der Waals surface area contributed by atoms with Crippen LogP contribution in [0.2, 0.25) is 0 Å². The fraction of sp³-hybridized carbons (Fsp3) is 0.818. The molecule has 5 heteroatoms. The number of alkyl halides is 1. The van der Waals surface area contributed by atoms with Crippen LogP contribution in [0.4, 0.5) is 4.39 Å². The molecule has 4 aliphatic carbocycles. The van der Waals surface area contributed by atoms with E-state index in [1.165, 1.54) is 6.08 Å². The van der Waals surface area contributed by atoms with Gasteiger partial charge >= 0.3 is 0 Å². The van der Waals surface area contributed by atoms with Gasteiger partial charge in [0.1, 0.15) is 12.8 Å². The van der Waals surface area contributed by atoms with Gasteiger partial charge in [0.05, 0.1) is 6.10 Å². The maximum Gasteiger partial charge on any atom is 0.162 e. The molecule has 0 unspecified atom stereocenters. The highest BCUT2D eigenvalue weighted by atomic mass is 19.1. The third-order valence-electron chi connectivity index (χ3n) is 8.72. The van der Waals surface area contributed by atoms with Gasteiger partial charge in [-0.15, -0.1) is 0 Å². The monoisotopic (exact) mass is 378 g/mol. The largest absolute Gasteiger partial charge is 0.393 e. The number of ketones is 2. The van der Waals surface area contributed by atoms with Crippen molar-refractivity contribution in [2.45, 2.75) is 65.2 Å². The third-order valence-corrected chi connectivity index (χ3v) is 8.72. The second-order valence-electron chi connectivity index (χ2n) is 10.1. The smallest absolute Gasteiger partial charge is 0.162 e. The Morgan fingerprint density at radius 2 is 2.04 bits per heavy atom. The summed E-state index contributed by atoms with van der Waals surface area (Å²) in [5.74, 6) is -0.224. The Balaban J connectivity index is 1.76. The first-order valence-electron chi connectivity index (χ1n) is 10.3. The number of carbonyl (C=O) groups excluding carboxylic acids is 2. The van der Waals surface area contributed by atoms with E-state index in [0.717, 1.165) is 6.42 Å². The Hall–Kier alpha value is -1.07. The van der Waals surface area contributed by atoms with E-state index in [4.69, 9.17) is 0 Å². The van der Waals surface area contributed by atoms with E-state index < -0.39 is 29.7 Å². The molecular weight excluding hydrogens is 347 g/mol. The van der Waals surface area contributed by atoms with Crippen LogP contribution in [0.25, 0.3) is 0 Å². The minimum Gasteiger partial charge on any atom is -0.393 e. The number of hydrogen-bond donors (Lipinski definition) is 2. The molecule has 3 saturated carbocycles. The molecule has 0 amide bonds. The number of aliphatic hydroxyl groups excluding tert-OH is 2. The van der Waals surface area contributed by atoms with Crippen LogP contribution in [0.15, 0.2) is 11.6 Å². The third kappa shape index (κ3) is 2.53. The number of Topliss-reactive ketones (excluding diaryl/α,β-unsaturated/α-hetero) is 1. The first-order chi connectivity index (χ1) is 12.6. The van der Waals surface area contributed by atoms with Crippen molar-refractivity contribution in [1.29, 1.82) is 0 Å². The molecule has 4 aliphatic rings. The molecule has 150 valence electrons. The Morgan fingerprint density at radius 1 is 1.33 bits per heavy atom. The van der Waals surface area contributed by atoms with Crippen LogP contribution in [-0.4, -0.2) is 40.7 Å². The summed E-state index contributed by atoms with van der Waals surface area (Å²) in [6.45, 7) is 5.66. The van der Waals surface area contributed by atoms with Crippen molar-refractivity contribution in [2.24, 2.45) is 40.4 Å². The van der Waals surface area contributed by atoms with Gasteiger partial charge in [0.2, 0.25) is 0 Å². The number of allylic oxidation sites excluding steroid dienone is 1. The zero-order valence-electron chi connectivity index (χ0n) is 16.5. The minimum absolute atomic E-state index is 0.00282. The predicted octanol–water partition coefficient (Wildman–Crippen LogP) is 2.86. The summed E-state index contributed by atoms with van der Waals surface area (Å²) in [7, 11) is 0. The molecule has 0 aliphatic heterocycles. The Kier molecular flexibility index (Phi) is 4.43. The molecule has 0 heterocycles. The second-order valence-corrected chi connectivity index (χ2v) is 10.1. The van der Waals surface area contributed by atoms with Gasteiger partial charge in [-0.05, 0) is 71.8 Å². The molecule has 0 spiro atoms. The molecular formula is C22H31FO4. The Morgan fingerprint density at radius 3 is 2.70 bits per heavy atom. The van der Waals surface area contributed by atoms with Gasteiger partial charge in [-0.1, -0.05) is 20.8 Å².